The van der Waals surface area contributed by atoms with Crippen LogP contribution in [0.5, 0.6) is 0 Å². The van der Waals surface area contributed by atoms with Crippen molar-refractivity contribution in [3.8, 4) is 0 Å². The first kappa shape index (κ1) is 11.7. The molecule has 1 amide bonds. The number of nitrogens with two attached hydrogens (primary N) is 1. The second-order valence-corrected chi connectivity index (χ2v) is 5.45. The number of thiophene rings is 1. The summed E-state index contributed by atoms with van der Waals surface area (Å²) in [6.07, 6.45) is 0. The van der Waals surface area contributed by atoms with Gasteiger partial charge >= 0.3 is 0 Å². The van der Waals surface area contributed by atoms with Gasteiger partial charge in [-0.3, -0.25) is 4.79 Å². The molecule has 14 heavy (non-hydrogen) atoms. The lowest BCUT2D eigenvalue weighted by atomic mass is 10.1. The molecule has 0 spiro atoms. The van der Waals surface area contributed by atoms with Gasteiger partial charge in [0.1, 0.15) is 0 Å². The van der Waals surface area contributed by atoms with Gasteiger partial charge in [0.2, 0.25) is 5.91 Å². The molecule has 5 heteroatoms. The zero-order chi connectivity index (χ0) is 10.8. The highest BCUT2D eigenvalue weighted by Crippen LogP contribution is 2.22. The SMILES string of the molecule is CC(C)(N)C(=O)NCc1sccc1Br. The van der Waals surface area contributed by atoms with Crippen molar-refractivity contribution in [2.24, 2.45) is 5.73 Å². The van der Waals surface area contributed by atoms with Gasteiger partial charge in [0.25, 0.3) is 0 Å². The summed E-state index contributed by atoms with van der Waals surface area (Å²) < 4.78 is 1.03. The van der Waals surface area contributed by atoms with Gasteiger partial charge in [0, 0.05) is 9.35 Å². The van der Waals surface area contributed by atoms with Crippen LogP contribution in [0.3, 0.4) is 0 Å². The molecule has 1 aromatic heterocycles. The van der Waals surface area contributed by atoms with Gasteiger partial charge in [-0.15, -0.1) is 11.3 Å². The van der Waals surface area contributed by atoms with E-state index in [2.05, 4.69) is 21.2 Å². The van der Waals surface area contributed by atoms with Crippen molar-refractivity contribution < 1.29 is 4.79 Å². The van der Waals surface area contributed by atoms with E-state index in [-0.39, 0.29) is 5.91 Å². The fraction of sp³-hybridized carbons (Fsp3) is 0.444. The minimum absolute atomic E-state index is 0.141. The lowest BCUT2D eigenvalue weighted by Gasteiger charge is -2.17. The van der Waals surface area contributed by atoms with Crippen LogP contribution >= 0.6 is 27.3 Å². The maximum atomic E-state index is 11.4. The normalized spacial score (nSPS) is 11.4. The molecule has 1 heterocycles. The minimum atomic E-state index is -0.816. The lowest BCUT2D eigenvalue weighted by Crippen LogP contribution is -2.48. The predicted octanol–water partition coefficient (Wildman–Crippen LogP) is 1.86. The molecule has 0 aliphatic rings. The number of hydrogen-bond donors (Lipinski definition) is 2. The molecule has 0 aromatic carbocycles. The average Bonchev–Trinajstić information content (AvgIpc) is 2.45. The first-order valence-electron chi connectivity index (χ1n) is 4.20. The van der Waals surface area contributed by atoms with E-state index in [4.69, 9.17) is 5.73 Å². The summed E-state index contributed by atoms with van der Waals surface area (Å²) in [5.74, 6) is -0.141. The summed E-state index contributed by atoms with van der Waals surface area (Å²) in [6.45, 7) is 3.90. The summed E-state index contributed by atoms with van der Waals surface area (Å²) in [5, 5.41) is 4.75. The maximum Gasteiger partial charge on any atom is 0.239 e. The third-order valence-electron chi connectivity index (χ3n) is 1.69. The first-order chi connectivity index (χ1) is 6.41. The van der Waals surface area contributed by atoms with Gasteiger partial charge in [-0.05, 0) is 41.2 Å². The molecule has 0 bridgehead atoms. The summed E-state index contributed by atoms with van der Waals surface area (Å²) in [4.78, 5) is 12.5. The minimum Gasteiger partial charge on any atom is -0.350 e. The molecule has 0 fully saturated rings. The Morgan fingerprint density at radius 2 is 2.36 bits per heavy atom. The van der Waals surface area contributed by atoms with Gasteiger partial charge in [0.05, 0.1) is 12.1 Å². The summed E-state index contributed by atoms with van der Waals surface area (Å²) in [5.41, 5.74) is 4.82. The third kappa shape index (κ3) is 3.08. The molecule has 3 nitrogen and oxygen atoms in total. The van der Waals surface area contributed by atoms with E-state index in [1.54, 1.807) is 25.2 Å². The Labute approximate surface area is 95.8 Å². The number of carbonyl (C=O) groups excluding carboxylic acids is 1. The van der Waals surface area contributed by atoms with Crippen LogP contribution in [0.4, 0.5) is 0 Å². The number of halogens is 1. The topological polar surface area (TPSA) is 55.1 Å². The molecule has 0 unspecified atom stereocenters. The largest absolute Gasteiger partial charge is 0.350 e. The highest BCUT2D eigenvalue weighted by molar-refractivity contribution is 9.10. The molecule has 0 aliphatic heterocycles. The Balaban J connectivity index is 2.50. The van der Waals surface area contributed by atoms with Crippen LogP contribution in [-0.4, -0.2) is 11.4 Å². The number of hydrogen-bond acceptors (Lipinski definition) is 3. The lowest BCUT2D eigenvalue weighted by molar-refractivity contribution is -0.125. The molecular formula is C9H13BrN2OS. The molecule has 1 rings (SSSR count). The smallest absolute Gasteiger partial charge is 0.239 e. The molecular weight excluding hydrogens is 264 g/mol. The van der Waals surface area contributed by atoms with Crippen molar-refractivity contribution >= 4 is 33.2 Å². The molecule has 0 atom stereocenters. The second-order valence-electron chi connectivity index (χ2n) is 3.60. The Morgan fingerprint density at radius 1 is 1.71 bits per heavy atom. The Kier molecular flexibility index (Phi) is 3.69. The number of rotatable bonds is 3. The van der Waals surface area contributed by atoms with Crippen LogP contribution in [0.25, 0.3) is 0 Å². The molecule has 0 aliphatic carbocycles. The van der Waals surface area contributed by atoms with Crippen molar-refractivity contribution in [2.45, 2.75) is 25.9 Å². The predicted molar refractivity (Wildman–Crippen MR) is 62.1 cm³/mol. The Bertz CT molecular complexity index is 330. The van der Waals surface area contributed by atoms with E-state index in [0.29, 0.717) is 6.54 Å². The van der Waals surface area contributed by atoms with E-state index in [0.717, 1.165) is 9.35 Å². The van der Waals surface area contributed by atoms with Gasteiger partial charge in [-0.1, -0.05) is 0 Å². The standard InChI is InChI=1S/C9H13BrN2OS/c1-9(2,11)8(13)12-5-7-6(10)3-4-14-7/h3-4H,5,11H2,1-2H3,(H,12,13). The van der Waals surface area contributed by atoms with Crippen LogP contribution in [0.15, 0.2) is 15.9 Å². The van der Waals surface area contributed by atoms with E-state index >= 15 is 0 Å². The summed E-state index contributed by atoms with van der Waals surface area (Å²) >= 11 is 4.99. The van der Waals surface area contributed by atoms with Crippen molar-refractivity contribution in [1.82, 2.24) is 5.32 Å². The molecule has 0 saturated carbocycles. The van der Waals surface area contributed by atoms with Crippen molar-refractivity contribution in [3.63, 3.8) is 0 Å². The van der Waals surface area contributed by atoms with E-state index in [1.165, 1.54) is 0 Å². The van der Waals surface area contributed by atoms with Gasteiger partial charge in [-0.25, -0.2) is 0 Å². The van der Waals surface area contributed by atoms with Crippen LogP contribution < -0.4 is 11.1 Å². The van der Waals surface area contributed by atoms with Crippen LogP contribution in [0.2, 0.25) is 0 Å². The molecule has 0 radical (unpaired) electrons. The number of nitrogens with one attached hydrogen (secondary N) is 1. The molecule has 1 aromatic rings. The molecule has 3 N–H and O–H groups in total. The second kappa shape index (κ2) is 4.42. The third-order valence-corrected chi connectivity index (χ3v) is 3.61. The monoisotopic (exact) mass is 276 g/mol. The quantitative estimate of drug-likeness (QED) is 0.886. The van der Waals surface area contributed by atoms with Gasteiger partial charge in [-0.2, -0.15) is 0 Å². The highest BCUT2D eigenvalue weighted by Gasteiger charge is 2.21. The van der Waals surface area contributed by atoms with E-state index < -0.39 is 5.54 Å². The summed E-state index contributed by atoms with van der Waals surface area (Å²) in [7, 11) is 0. The molecule has 0 saturated heterocycles. The maximum absolute atomic E-state index is 11.4. The van der Waals surface area contributed by atoms with Crippen LogP contribution in [-0.2, 0) is 11.3 Å². The zero-order valence-corrected chi connectivity index (χ0v) is 10.5. The fourth-order valence-electron chi connectivity index (χ4n) is 0.840. The van der Waals surface area contributed by atoms with E-state index in [9.17, 15) is 4.79 Å². The average molecular weight is 277 g/mol. The number of carbonyl (C=O) groups is 1. The highest BCUT2D eigenvalue weighted by atomic mass is 79.9. The van der Waals surface area contributed by atoms with E-state index in [1.807, 2.05) is 11.4 Å². The van der Waals surface area contributed by atoms with Gasteiger partial charge in [0.15, 0.2) is 0 Å². The van der Waals surface area contributed by atoms with Crippen LogP contribution in [0, 0.1) is 0 Å². The first-order valence-corrected chi connectivity index (χ1v) is 5.87. The van der Waals surface area contributed by atoms with Crippen molar-refractivity contribution in [3.05, 3.63) is 20.8 Å². The molecule has 78 valence electrons. The zero-order valence-electron chi connectivity index (χ0n) is 8.13. The van der Waals surface area contributed by atoms with Crippen molar-refractivity contribution in [1.29, 1.82) is 0 Å². The fourth-order valence-corrected chi connectivity index (χ4v) is 2.27. The van der Waals surface area contributed by atoms with Crippen molar-refractivity contribution in [2.75, 3.05) is 0 Å². The van der Waals surface area contributed by atoms with Gasteiger partial charge < -0.3 is 11.1 Å². The van der Waals surface area contributed by atoms with Crippen LogP contribution in [0.1, 0.15) is 18.7 Å². The Hall–Kier alpha value is -0.390. The Morgan fingerprint density at radius 3 is 2.79 bits per heavy atom. The summed E-state index contributed by atoms with van der Waals surface area (Å²) in [6, 6.07) is 1.96. The number of amides is 1.